The third kappa shape index (κ3) is 2.98. The Bertz CT molecular complexity index is 691. The third-order valence-corrected chi connectivity index (χ3v) is 3.88. The number of carbonyl (C=O) groups excluding carboxylic acids is 1. The van der Waals surface area contributed by atoms with Crippen molar-refractivity contribution in [2.75, 3.05) is 13.1 Å². The second-order valence-corrected chi connectivity index (χ2v) is 6.09. The van der Waals surface area contributed by atoms with E-state index in [0.717, 1.165) is 24.2 Å². The van der Waals surface area contributed by atoms with Gasteiger partial charge in [-0.25, -0.2) is 4.79 Å². The third-order valence-electron chi connectivity index (χ3n) is 3.88. The monoisotopic (exact) mass is 305 g/mol. The van der Waals surface area contributed by atoms with Crippen LogP contribution in [0.15, 0.2) is 32.2 Å². The fourth-order valence-electron chi connectivity index (χ4n) is 3.00. The standard InChI is InChI=1S/C15H19N3O4/c1-10-5-11(2)7-17(6-10)13(19)8-18-15(20)22-14(16-18)12-3-4-21-9-12/h3-4,9-11H,5-8H2,1-2H3/t10-,11-/m0/s1. The number of rotatable bonds is 3. The average molecular weight is 305 g/mol. The lowest BCUT2D eigenvalue weighted by atomic mass is 9.92. The highest BCUT2D eigenvalue weighted by Crippen LogP contribution is 2.21. The molecule has 3 heterocycles. The molecule has 7 nitrogen and oxygen atoms in total. The number of likely N-dealkylation sites (tertiary alicyclic amines) is 1. The van der Waals surface area contributed by atoms with Crippen molar-refractivity contribution >= 4 is 5.91 Å². The lowest BCUT2D eigenvalue weighted by Crippen LogP contribution is -2.44. The molecule has 1 saturated heterocycles. The van der Waals surface area contributed by atoms with Crippen LogP contribution in [0.1, 0.15) is 20.3 Å². The number of furan rings is 1. The molecule has 3 rings (SSSR count). The summed E-state index contributed by atoms with van der Waals surface area (Å²) in [6, 6.07) is 1.64. The Morgan fingerprint density at radius 2 is 2.09 bits per heavy atom. The molecule has 0 aliphatic carbocycles. The predicted octanol–water partition coefficient (Wildman–Crippen LogP) is 1.60. The van der Waals surface area contributed by atoms with E-state index in [0.29, 0.717) is 17.4 Å². The number of aromatic nitrogens is 2. The summed E-state index contributed by atoms with van der Waals surface area (Å²) in [7, 11) is 0. The Labute approximate surface area is 127 Å². The quantitative estimate of drug-likeness (QED) is 0.860. The molecule has 0 N–H and O–H groups in total. The van der Waals surface area contributed by atoms with Gasteiger partial charge in [-0.15, -0.1) is 5.10 Å². The molecule has 0 radical (unpaired) electrons. The van der Waals surface area contributed by atoms with Gasteiger partial charge >= 0.3 is 5.76 Å². The van der Waals surface area contributed by atoms with Crippen LogP contribution in [0.3, 0.4) is 0 Å². The van der Waals surface area contributed by atoms with E-state index < -0.39 is 5.76 Å². The summed E-state index contributed by atoms with van der Waals surface area (Å²) in [5.41, 5.74) is 0.573. The molecular formula is C15H19N3O4. The van der Waals surface area contributed by atoms with Crippen LogP contribution in [0.25, 0.3) is 11.5 Å². The zero-order valence-corrected chi connectivity index (χ0v) is 12.7. The van der Waals surface area contributed by atoms with E-state index in [1.165, 1.54) is 12.5 Å². The first kappa shape index (κ1) is 14.6. The second-order valence-electron chi connectivity index (χ2n) is 6.09. The normalized spacial score (nSPS) is 22.0. The van der Waals surface area contributed by atoms with Crippen LogP contribution in [0, 0.1) is 11.8 Å². The number of hydrogen-bond acceptors (Lipinski definition) is 5. The first-order chi connectivity index (χ1) is 10.5. The van der Waals surface area contributed by atoms with Crippen molar-refractivity contribution in [1.29, 1.82) is 0 Å². The number of amides is 1. The van der Waals surface area contributed by atoms with E-state index in [9.17, 15) is 9.59 Å². The Kier molecular flexibility index (Phi) is 3.87. The first-order valence-electron chi connectivity index (χ1n) is 7.41. The Morgan fingerprint density at radius 1 is 1.36 bits per heavy atom. The lowest BCUT2D eigenvalue weighted by Gasteiger charge is -2.34. The van der Waals surface area contributed by atoms with E-state index in [-0.39, 0.29) is 18.3 Å². The first-order valence-corrected chi connectivity index (χ1v) is 7.41. The van der Waals surface area contributed by atoms with Crippen molar-refractivity contribution in [2.24, 2.45) is 11.8 Å². The fraction of sp³-hybridized carbons (Fsp3) is 0.533. The van der Waals surface area contributed by atoms with Crippen molar-refractivity contribution in [3.05, 3.63) is 29.1 Å². The number of piperidine rings is 1. The molecule has 2 aromatic rings. The zero-order chi connectivity index (χ0) is 15.7. The lowest BCUT2D eigenvalue weighted by molar-refractivity contribution is -0.134. The van der Waals surface area contributed by atoms with E-state index in [1.54, 1.807) is 11.0 Å². The highest BCUT2D eigenvalue weighted by Gasteiger charge is 2.26. The van der Waals surface area contributed by atoms with Crippen LogP contribution < -0.4 is 5.76 Å². The minimum Gasteiger partial charge on any atom is -0.472 e. The van der Waals surface area contributed by atoms with Gasteiger partial charge in [-0.1, -0.05) is 13.8 Å². The number of nitrogens with zero attached hydrogens (tertiary/aromatic N) is 3. The van der Waals surface area contributed by atoms with Gasteiger partial charge in [-0.3, -0.25) is 4.79 Å². The SMILES string of the molecule is C[C@H]1C[C@H](C)CN(C(=O)Cn2nc(-c3ccoc3)oc2=O)C1. The van der Waals surface area contributed by atoms with Gasteiger partial charge in [0.05, 0.1) is 11.8 Å². The predicted molar refractivity (Wildman–Crippen MR) is 78.0 cm³/mol. The van der Waals surface area contributed by atoms with Gasteiger partial charge in [-0.05, 0) is 24.3 Å². The van der Waals surface area contributed by atoms with Crippen molar-refractivity contribution in [1.82, 2.24) is 14.7 Å². The van der Waals surface area contributed by atoms with Crippen molar-refractivity contribution in [2.45, 2.75) is 26.8 Å². The molecule has 0 saturated carbocycles. The van der Waals surface area contributed by atoms with Crippen LogP contribution in [-0.2, 0) is 11.3 Å². The van der Waals surface area contributed by atoms with Crippen LogP contribution in [-0.4, -0.2) is 33.7 Å². The van der Waals surface area contributed by atoms with E-state index in [1.807, 2.05) is 0 Å². The highest BCUT2D eigenvalue weighted by molar-refractivity contribution is 5.76. The summed E-state index contributed by atoms with van der Waals surface area (Å²) in [6.07, 6.45) is 4.03. The van der Waals surface area contributed by atoms with E-state index >= 15 is 0 Å². The smallest absolute Gasteiger partial charge is 0.437 e. The summed E-state index contributed by atoms with van der Waals surface area (Å²) in [6.45, 7) is 5.62. The Hall–Kier alpha value is -2.31. The molecule has 118 valence electrons. The topological polar surface area (TPSA) is 81.5 Å². The van der Waals surface area contributed by atoms with Gasteiger partial charge in [-0.2, -0.15) is 4.68 Å². The molecule has 2 aromatic heterocycles. The summed E-state index contributed by atoms with van der Waals surface area (Å²) in [5.74, 6) is 0.369. The van der Waals surface area contributed by atoms with Gasteiger partial charge in [0, 0.05) is 13.1 Å². The van der Waals surface area contributed by atoms with Crippen LogP contribution in [0.2, 0.25) is 0 Å². The largest absolute Gasteiger partial charge is 0.472 e. The van der Waals surface area contributed by atoms with E-state index in [4.69, 9.17) is 8.83 Å². The molecule has 0 spiro atoms. The molecule has 0 unspecified atom stereocenters. The van der Waals surface area contributed by atoms with Crippen LogP contribution in [0.4, 0.5) is 0 Å². The highest BCUT2D eigenvalue weighted by atomic mass is 16.4. The maximum Gasteiger partial charge on any atom is 0.437 e. The second kappa shape index (κ2) is 5.82. The molecule has 0 aromatic carbocycles. The van der Waals surface area contributed by atoms with Gasteiger partial charge in [0.2, 0.25) is 5.91 Å². The summed E-state index contributed by atoms with van der Waals surface area (Å²) >= 11 is 0. The number of carbonyl (C=O) groups is 1. The summed E-state index contributed by atoms with van der Waals surface area (Å²) in [4.78, 5) is 26.0. The maximum absolute atomic E-state index is 12.4. The van der Waals surface area contributed by atoms with Crippen LogP contribution in [0.5, 0.6) is 0 Å². The summed E-state index contributed by atoms with van der Waals surface area (Å²) < 4.78 is 11.1. The van der Waals surface area contributed by atoms with Gasteiger partial charge in [0.25, 0.3) is 5.89 Å². The summed E-state index contributed by atoms with van der Waals surface area (Å²) in [5, 5.41) is 4.06. The van der Waals surface area contributed by atoms with E-state index in [2.05, 4.69) is 18.9 Å². The molecular weight excluding hydrogens is 286 g/mol. The van der Waals surface area contributed by atoms with Crippen molar-refractivity contribution < 1.29 is 13.6 Å². The molecule has 1 aliphatic heterocycles. The van der Waals surface area contributed by atoms with Gasteiger partial charge < -0.3 is 13.7 Å². The van der Waals surface area contributed by atoms with Gasteiger partial charge in [0.15, 0.2) is 0 Å². The van der Waals surface area contributed by atoms with Crippen LogP contribution >= 0.6 is 0 Å². The molecule has 1 aliphatic rings. The Balaban J connectivity index is 1.73. The Morgan fingerprint density at radius 3 is 2.73 bits per heavy atom. The maximum atomic E-state index is 12.4. The molecule has 1 fully saturated rings. The molecule has 1 amide bonds. The number of hydrogen-bond donors (Lipinski definition) is 0. The minimum absolute atomic E-state index is 0.0976. The fourth-order valence-corrected chi connectivity index (χ4v) is 3.00. The average Bonchev–Trinajstić information content (AvgIpc) is 3.08. The van der Waals surface area contributed by atoms with Gasteiger partial charge in [0.1, 0.15) is 12.8 Å². The minimum atomic E-state index is -0.636. The molecule has 2 atom stereocenters. The molecule has 22 heavy (non-hydrogen) atoms. The molecule has 0 bridgehead atoms. The van der Waals surface area contributed by atoms with Crippen molar-refractivity contribution in [3.63, 3.8) is 0 Å². The zero-order valence-electron chi connectivity index (χ0n) is 12.7. The van der Waals surface area contributed by atoms with Crippen molar-refractivity contribution in [3.8, 4) is 11.5 Å². The molecule has 7 heteroatoms.